The molecule has 0 spiro atoms. The van der Waals surface area contributed by atoms with Gasteiger partial charge in [-0.1, -0.05) is 0 Å². The average molecular weight is 318 g/mol. The van der Waals surface area contributed by atoms with E-state index >= 15 is 0 Å². The Balaban J connectivity index is 2.11. The fourth-order valence-corrected chi connectivity index (χ4v) is 2.11. The van der Waals surface area contributed by atoms with Gasteiger partial charge in [-0.05, 0) is 46.3 Å². The Kier molecular flexibility index (Phi) is 2.87. The highest BCUT2D eigenvalue weighted by Crippen LogP contribution is 2.26. The molecule has 1 aromatic carbocycles. The number of hydrogen-bond acceptors (Lipinski definition) is 4. The average Bonchev–Trinajstić information content (AvgIpc) is 2.84. The second kappa shape index (κ2) is 4.55. The minimum atomic E-state index is 0.682. The van der Waals surface area contributed by atoms with E-state index in [2.05, 4.69) is 36.2 Å². The summed E-state index contributed by atoms with van der Waals surface area (Å²) >= 11 is 3.38. The van der Waals surface area contributed by atoms with E-state index in [9.17, 15) is 0 Å². The zero-order chi connectivity index (χ0) is 13.4. The van der Waals surface area contributed by atoms with Crippen LogP contribution in [0.15, 0.2) is 34.8 Å². The summed E-state index contributed by atoms with van der Waals surface area (Å²) in [6, 6.07) is 9.59. The minimum absolute atomic E-state index is 0.682. The number of nitrogens with two attached hydrogens (primary N) is 1. The zero-order valence-electron chi connectivity index (χ0n) is 10.2. The Morgan fingerprint density at radius 3 is 2.79 bits per heavy atom. The first-order valence-electron chi connectivity index (χ1n) is 5.77. The molecule has 2 aromatic heterocycles. The van der Waals surface area contributed by atoms with Gasteiger partial charge in [-0.25, -0.2) is 9.97 Å². The number of anilines is 2. The topological polar surface area (TPSA) is 79.6 Å². The highest BCUT2D eigenvalue weighted by atomic mass is 79.9. The maximum Gasteiger partial charge on any atom is 0.180 e. The van der Waals surface area contributed by atoms with E-state index < -0.39 is 0 Å². The molecule has 5 nitrogen and oxygen atoms in total. The van der Waals surface area contributed by atoms with E-state index in [0.29, 0.717) is 11.3 Å². The molecule has 0 aliphatic rings. The molecule has 0 fully saturated rings. The molecule has 2 heterocycles. The van der Waals surface area contributed by atoms with Gasteiger partial charge in [0.15, 0.2) is 5.65 Å². The Hall–Kier alpha value is -2.08. The molecule has 6 heteroatoms. The first-order valence-corrected chi connectivity index (χ1v) is 6.56. The molecule has 96 valence electrons. The van der Waals surface area contributed by atoms with Crippen LogP contribution < -0.4 is 11.1 Å². The molecule has 0 saturated heterocycles. The Morgan fingerprint density at radius 2 is 2.05 bits per heavy atom. The van der Waals surface area contributed by atoms with Gasteiger partial charge in [0.2, 0.25) is 0 Å². The van der Waals surface area contributed by atoms with Crippen molar-refractivity contribution in [3.63, 3.8) is 0 Å². The van der Waals surface area contributed by atoms with Gasteiger partial charge in [-0.2, -0.15) is 0 Å². The van der Waals surface area contributed by atoms with E-state index in [-0.39, 0.29) is 0 Å². The molecule has 0 saturated carbocycles. The molecule has 0 bridgehead atoms. The lowest BCUT2D eigenvalue weighted by Gasteiger charge is -2.00. The number of rotatable bonds is 2. The highest BCUT2D eigenvalue weighted by Gasteiger charge is 2.08. The molecule has 19 heavy (non-hydrogen) atoms. The number of H-pyrrole nitrogens is 1. The van der Waals surface area contributed by atoms with Crippen LogP contribution in [-0.2, 0) is 0 Å². The lowest BCUT2D eigenvalue weighted by Crippen LogP contribution is -1.91. The summed E-state index contributed by atoms with van der Waals surface area (Å²) in [5, 5.41) is 2.99. The van der Waals surface area contributed by atoms with Gasteiger partial charge in [0.05, 0.1) is 5.52 Å². The minimum Gasteiger partial charge on any atom is -0.398 e. The normalized spacial score (nSPS) is 10.8. The molecule has 0 aliphatic heterocycles. The van der Waals surface area contributed by atoms with Crippen molar-refractivity contribution in [1.29, 1.82) is 0 Å². The summed E-state index contributed by atoms with van der Waals surface area (Å²) in [6.45, 7) is 0. The third-order valence-electron chi connectivity index (χ3n) is 2.87. The van der Waals surface area contributed by atoms with E-state index in [1.807, 2.05) is 37.4 Å². The molecule has 0 aliphatic carbocycles. The second-order valence-electron chi connectivity index (χ2n) is 4.14. The monoisotopic (exact) mass is 317 g/mol. The number of imidazole rings is 1. The smallest absolute Gasteiger partial charge is 0.180 e. The van der Waals surface area contributed by atoms with Crippen molar-refractivity contribution >= 4 is 38.6 Å². The summed E-state index contributed by atoms with van der Waals surface area (Å²) in [7, 11) is 1.83. The number of nitrogens with zero attached hydrogens (tertiary/aromatic N) is 2. The largest absolute Gasteiger partial charge is 0.398 e. The zero-order valence-corrected chi connectivity index (χ0v) is 11.8. The Labute approximate surface area is 118 Å². The second-order valence-corrected chi connectivity index (χ2v) is 4.99. The van der Waals surface area contributed by atoms with Gasteiger partial charge in [-0.15, -0.1) is 0 Å². The number of fused-ring (bicyclic) bond motifs is 1. The summed E-state index contributed by atoms with van der Waals surface area (Å²) in [6.07, 6.45) is 0. The van der Waals surface area contributed by atoms with E-state index in [4.69, 9.17) is 5.73 Å². The van der Waals surface area contributed by atoms with Gasteiger partial charge in [0.1, 0.15) is 11.6 Å². The molecule has 3 rings (SSSR count). The van der Waals surface area contributed by atoms with Crippen LogP contribution in [0.25, 0.3) is 22.6 Å². The SMILES string of the molecule is CNc1ccc2[nH]c(-c3ccc(Br)c(N)c3)nc2n1. The van der Waals surface area contributed by atoms with Crippen LogP contribution in [0, 0.1) is 0 Å². The van der Waals surface area contributed by atoms with Crippen LogP contribution in [-0.4, -0.2) is 22.0 Å². The molecular formula is C13H12BrN5. The summed E-state index contributed by atoms with van der Waals surface area (Å²) in [5.74, 6) is 1.55. The molecule has 3 aromatic rings. The number of aromatic amines is 1. The van der Waals surface area contributed by atoms with Crippen molar-refractivity contribution in [2.24, 2.45) is 0 Å². The van der Waals surface area contributed by atoms with Gasteiger partial charge < -0.3 is 16.0 Å². The van der Waals surface area contributed by atoms with Gasteiger partial charge in [0, 0.05) is 22.8 Å². The van der Waals surface area contributed by atoms with Crippen LogP contribution in [0.5, 0.6) is 0 Å². The first-order chi connectivity index (χ1) is 9.17. The predicted octanol–water partition coefficient (Wildman–Crippen LogP) is 3.01. The Bertz CT molecular complexity index is 750. The summed E-state index contributed by atoms with van der Waals surface area (Å²) in [5.41, 5.74) is 9.08. The van der Waals surface area contributed by atoms with Crippen molar-refractivity contribution in [3.05, 3.63) is 34.8 Å². The number of aromatic nitrogens is 3. The fraction of sp³-hybridized carbons (Fsp3) is 0.0769. The molecule has 0 atom stereocenters. The van der Waals surface area contributed by atoms with Crippen LogP contribution in [0.3, 0.4) is 0 Å². The summed E-state index contributed by atoms with van der Waals surface area (Å²) in [4.78, 5) is 12.1. The standard InChI is InChI=1S/C13H12BrN5/c1-16-11-5-4-10-13(18-11)19-12(17-10)7-2-3-8(14)9(15)6-7/h2-6H,15H2,1H3,(H2,16,17,18,19). The van der Waals surface area contributed by atoms with Crippen LogP contribution in [0.2, 0.25) is 0 Å². The third-order valence-corrected chi connectivity index (χ3v) is 3.59. The van der Waals surface area contributed by atoms with Gasteiger partial charge >= 0.3 is 0 Å². The number of nitrogens with one attached hydrogen (secondary N) is 2. The van der Waals surface area contributed by atoms with E-state index in [1.165, 1.54) is 0 Å². The van der Waals surface area contributed by atoms with Crippen molar-refractivity contribution < 1.29 is 0 Å². The van der Waals surface area contributed by atoms with Crippen molar-refractivity contribution in [1.82, 2.24) is 15.0 Å². The van der Waals surface area contributed by atoms with Crippen molar-refractivity contribution in [3.8, 4) is 11.4 Å². The summed E-state index contributed by atoms with van der Waals surface area (Å²) < 4.78 is 0.878. The predicted molar refractivity (Wildman–Crippen MR) is 81.0 cm³/mol. The van der Waals surface area contributed by atoms with E-state index in [1.54, 1.807) is 0 Å². The van der Waals surface area contributed by atoms with Crippen molar-refractivity contribution in [2.45, 2.75) is 0 Å². The molecule has 0 unspecified atom stereocenters. The Morgan fingerprint density at radius 1 is 1.21 bits per heavy atom. The van der Waals surface area contributed by atoms with Crippen LogP contribution >= 0.6 is 15.9 Å². The van der Waals surface area contributed by atoms with Crippen LogP contribution in [0.1, 0.15) is 0 Å². The molecular weight excluding hydrogens is 306 g/mol. The van der Waals surface area contributed by atoms with Crippen LogP contribution in [0.4, 0.5) is 11.5 Å². The number of pyridine rings is 1. The maximum absolute atomic E-state index is 5.88. The molecule has 0 amide bonds. The van der Waals surface area contributed by atoms with Gasteiger partial charge in [-0.3, -0.25) is 0 Å². The molecule has 0 radical (unpaired) electrons. The fourth-order valence-electron chi connectivity index (χ4n) is 1.86. The molecule has 4 N–H and O–H groups in total. The number of benzene rings is 1. The van der Waals surface area contributed by atoms with Crippen molar-refractivity contribution in [2.75, 3.05) is 18.1 Å². The number of nitrogen functional groups attached to an aromatic ring is 1. The lowest BCUT2D eigenvalue weighted by molar-refractivity contribution is 1.28. The van der Waals surface area contributed by atoms with Gasteiger partial charge in [0.25, 0.3) is 0 Å². The lowest BCUT2D eigenvalue weighted by atomic mass is 10.2. The number of halogens is 1. The van der Waals surface area contributed by atoms with E-state index in [0.717, 1.165) is 27.2 Å². The maximum atomic E-state index is 5.88. The quantitative estimate of drug-likeness (QED) is 0.635. The number of hydrogen-bond donors (Lipinski definition) is 3. The highest BCUT2D eigenvalue weighted by molar-refractivity contribution is 9.10. The third kappa shape index (κ3) is 2.15. The first kappa shape index (κ1) is 12.0.